The van der Waals surface area contributed by atoms with Crippen LogP contribution >= 0.6 is 0 Å². The number of anilines is 2. The zero-order valence-corrected chi connectivity index (χ0v) is 11.4. The van der Waals surface area contributed by atoms with Crippen molar-refractivity contribution < 1.29 is 9.53 Å². The highest BCUT2D eigenvalue weighted by Gasteiger charge is 2.08. The van der Waals surface area contributed by atoms with Crippen LogP contribution in [0.4, 0.5) is 16.3 Å². The molecule has 3 rings (SSSR count). The first-order valence-electron chi connectivity index (χ1n) is 6.41. The Morgan fingerprint density at radius 1 is 1.10 bits per heavy atom. The van der Waals surface area contributed by atoms with Crippen molar-refractivity contribution in [3.63, 3.8) is 0 Å². The number of H-pyrrole nitrogens is 1. The molecule has 0 unspecified atom stereocenters. The molecule has 106 valence electrons. The third-order valence-electron chi connectivity index (χ3n) is 3.05. The molecule has 1 heterocycles. The maximum atomic E-state index is 12.0. The fourth-order valence-electron chi connectivity index (χ4n) is 2.00. The molecule has 0 bridgehead atoms. The molecule has 1 aromatic heterocycles. The van der Waals surface area contributed by atoms with Gasteiger partial charge in [0.2, 0.25) is 0 Å². The molecule has 3 aromatic rings. The second-order valence-electron chi connectivity index (χ2n) is 4.43. The maximum Gasteiger partial charge on any atom is 0.324 e. The van der Waals surface area contributed by atoms with E-state index >= 15 is 0 Å². The summed E-state index contributed by atoms with van der Waals surface area (Å²) in [6, 6.07) is 14.3. The highest BCUT2D eigenvalue weighted by atomic mass is 16.5. The molecule has 0 fully saturated rings. The van der Waals surface area contributed by atoms with Crippen molar-refractivity contribution >= 4 is 28.4 Å². The van der Waals surface area contributed by atoms with Crippen molar-refractivity contribution in [1.82, 2.24) is 10.2 Å². The number of aromatic nitrogens is 2. The number of para-hydroxylation sites is 1. The minimum Gasteiger partial charge on any atom is -0.497 e. The molecule has 0 saturated carbocycles. The van der Waals surface area contributed by atoms with Gasteiger partial charge in [-0.3, -0.25) is 10.4 Å². The SMILES string of the molecule is COc1ccc(NC(=O)Nc2n[nH]c3ccccc23)cc1. The Morgan fingerprint density at radius 3 is 2.62 bits per heavy atom. The first kappa shape index (κ1) is 13.0. The quantitative estimate of drug-likeness (QED) is 0.690. The molecule has 6 nitrogen and oxygen atoms in total. The number of amides is 2. The summed E-state index contributed by atoms with van der Waals surface area (Å²) in [5, 5.41) is 13.3. The average Bonchev–Trinajstić information content (AvgIpc) is 2.91. The summed E-state index contributed by atoms with van der Waals surface area (Å²) in [5.41, 5.74) is 1.55. The molecule has 2 amide bonds. The van der Waals surface area contributed by atoms with Crippen LogP contribution < -0.4 is 15.4 Å². The lowest BCUT2D eigenvalue weighted by molar-refractivity contribution is 0.262. The average molecular weight is 282 g/mol. The van der Waals surface area contributed by atoms with Crippen LogP contribution in [-0.2, 0) is 0 Å². The molecular weight excluding hydrogens is 268 g/mol. The molecule has 3 N–H and O–H groups in total. The molecule has 0 aliphatic carbocycles. The topological polar surface area (TPSA) is 79.0 Å². The number of rotatable bonds is 3. The number of aromatic amines is 1. The number of nitrogens with zero attached hydrogens (tertiary/aromatic N) is 1. The number of hydrogen-bond donors (Lipinski definition) is 3. The fraction of sp³-hybridized carbons (Fsp3) is 0.0667. The van der Waals surface area contributed by atoms with E-state index in [0.29, 0.717) is 11.5 Å². The van der Waals surface area contributed by atoms with Crippen molar-refractivity contribution in [2.24, 2.45) is 0 Å². The zero-order valence-electron chi connectivity index (χ0n) is 11.4. The third kappa shape index (κ3) is 2.79. The smallest absolute Gasteiger partial charge is 0.324 e. The van der Waals surface area contributed by atoms with Gasteiger partial charge in [-0.1, -0.05) is 12.1 Å². The Hall–Kier alpha value is -3.02. The van der Waals surface area contributed by atoms with Gasteiger partial charge in [0.25, 0.3) is 0 Å². The van der Waals surface area contributed by atoms with E-state index in [-0.39, 0.29) is 6.03 Å². The van der Waals surface area contributed by atoms with Crippen molar-refractivity contribution in [3.8, 4) is 5.75 Å². The summed E-state index contributed by atoms with van der Waals surface area (Å²) >= 11 is 0. The number of methoxy groups -OCH3 is 1. The van der Waals surface area contributed by atoms with Gasteiger partial charge >= 0.3 is 6.03 Å². The molecule has 0 aliphatic rings. The van der Waals surface area contributed by atoms with Gasteiger partial charge in [-0.25, -0.2) is 4.79 Å². The number of carbonyl (C=O) groups excluding carboxylic acids is 1. The van der Waals surface area contributed by atoms with Crippen LogP contribution in [0.15, 0.2) is 48.5 Å². The summed E-state index contributed by atoms with van der Waals surface area (Å²) in [6.07, 6.45) is 0. The van der Waals surface area contributed by atoms with Gasteiger partial charge in [-0.05, 0) is 36.4 Å². The summed E-state index contributed by atoms with van der Waals surface area (Å²) in [6.45, 7) is 0. The number of urea groups is 1. The minimum atomic E-state index is -0.350. The first-order valence-corrected chi connectivity index (χ1v) is 6.41. The number of nitrogens with one attached hydrogen (secondary N) is 3. The van der Waals surface area contributed by atoms with Crippen LogP contribution in [0.1, 0.15) is 0 Å². The van der Waals surface area contributed by atoms with Gasteiger partial charge in [0.05, 0.1) is 12.6 Å². The predicted octanol–water partition coefficient (Wildman–Crippen LogP) is 3.22. The first-order chi connectivity index (χ1) is 10.3. The van der Waals surface area contributed by atoms with E-state index in [9.17, 15) is 4.79 Å². The van der Waals surface area contributed by atoms with Gasteiger partial charge in [0, 0.05) is 11.1 Å². The monoisotopic (exact) mass is 282 g/mol. The van der Waals surface area contributed by atoms with Crippen LogP contribution in [0, 0.1) is 0 Å². The Morgan fingerprint density at radius 2 is 1.86 bits per heavy atom. The van der Waals surface area contributed by atoms with Gasteiger partial charge in [-0.2, -0.15) is 5.10 Å². The Balaban J connectivity index is 1.71. The lowest BCUT2D eigenvalue weighted by Gasteiger charge is -2.06. The Kier molecular flexibility index (Phi) is 3.42. The molecule has 0 aliphatic heterocycles. The summed E-state index contributed by atoms with van der Waals surface area (Å²) < 4.78 is 5.07. The zero-order chi connectivity index (χ0) is 14.7. The van der Waals surface area contributed by atoms with Crippen LogP contribution in [0.2, 0.25) is 0 Å². The van der Waals surface area contributed by atoms with Crippen LogP contribution in [-0.4, -0.2) is 23.3 Å². The lowest BCUT2D eigenvalue weighted by Crippen LogP contribution is -2.19. The van der Waals surface area contributed by atoms with E-state index in [0.717, 1.165) is 16.7 Å². The van der Waals surface area contributed by atoms with Crippen LogP contribution in [0.3, 0.4) is 0 Å². The van der Waals surface area contributed by atoms with Crippen LogP contribution in [0.5, 0.6) is 5.75 Å². The van der Waals surface area contributed by atoms with Crippen LogP contribution in [0.25, 0.3) is 10.9 Å². The van der Waals surface area contributed by atoms with Gasteiger partial charge < -0.3 is 10.1 Å². The molecule has 0 radical (unpaired) electrons. The highest BCUT2D eigenvalue weighted by Crippen LogP contribution is 2.20. The van der Waals surface area contributed by atoms with Crippen molar-refractivity contribution in [2.75, 3.05) is 17.7 Å². The van der Waals surface area contributed by atoms with E-state index in [4.69, 9.17) is 4.74 Å². The minimum absolute atomic E-state index is 0.350. The molecule has 21 heavy (non-hydrogen) atoms. The largest absolute Gasteiger partial charge is 0.497 e. The summed E-state index contributed by atoms with van der Waals surface area (Å²) in [4.78, 5) is 12.0. The van der Waals surface area contributed by atoms with Crippen molar-refractivity contribution in [1.29, 1.82) is 0 Å². The van der Waals surface area contributed by atoms with Gasteiger partial charge in [0.15, 0.2) is 5.82 Å². The fourth-order valence-corrected chi connectivity index (χ4v) is 2.00. The standard InChI is InChI=1S/C15H14N4O2/c1-21-11-8-6-10(7-9-11)16-15(20)17-14-12-4-2-3-5-13(12)18-19-14/h2-9H,1H3,(H3,16,17,18,19,20). The normalized spacial score (nSPS) is 10.3. The number of ether oxygens (including phenoxy) is 1. The van der Waals surface area contributed by atoms with Gasteiger partial charge in [-0.15, -0.1) is 0 Å². The van der Waals surface area contributed by atoms with Crippen molar-refractivity contribution in [3.05, 3.63) is 48.5 Å². The lowest BCUT2D eigenvalue weighted by atomic mass is 10.2. The number of benzene rings is 2. The number of fused-ring (bicyclic) bond motifs is 1. The second kappa shape index (κ2) is 5.54. The number of hydrogen-bond acceptors (Lipinski definition) is 3. The molecule has 0 saturated heterocycles. The Labute approximate surface area is 121 Å². The number of carbonyl (C=O) groups is 1. The van der Waals surface area contributed by atoms with Crippen molar-refractivity contribution in [2.45, 2.75) is 0 Å². The highest BCUT2D eigenvalue weighted by molar-refractivity contribution is 6.04. The molecule has 0 spiro atoms. The molecule has 0 atom stereocenters. The van der Waals surface area contributed by atoms with Gasteiger partial charge in [0.1, 0.15) is 5.75 Å². The Bertz CT molecular complexity index is 765. The predicted molar refractivity (Wildman–Crippen MR) is 81.7 cm³/mol. The summed E-state index contributed by atoms with van der Waals surface area (Å²) in [7, 11) is 1.60. The summed E-state index contributed by atoms with van der Waals surface area (Å²) in [5.74, 6) is 1.23. The second-order valence-corrected chi connectivity index (χ2v) is 4.43. The molecule has 2 aromatic carbocycles. The van der Waals surface area contributed by atoms with E-state index in [1.165, 1.54) is 0 Å². The van der Waals surface area contributed by atoms with E-state index < -0.39 is 0 Å². The van der Waals surface area contributed by atoms with E-state index in [2.05, 4.69) is 20.8 Å². The maximum absolute atomic E-state index is 12.0. The van der Waals surface area contributed by atoms with E-state index in [1.807, 2.05) is 24.3 Å². The molecular formula is C15H14N4O2. The molecule has 6 heteroatoms. The third-order valence-corrected chi connectivity index (χ3v) is 3.05. The van der Waals surface area contributed by atoms with E-state index in [1.54, 1.807) is 31.4 Å².